The second-order valence-corrected chi connectivity index (χ2v) is 5.55. The van der Waals surface area contributed by atoms with Gasteiger partial charge >= 0.3 is 0 Å². The lowest BCUT2D eigenvalue weighted by Gasteiger charge is -2.01. The average Bonchev–Trinajstić information content (AvgIpc) is 3.11. The van der Waals surface area contributed by atoms with Gasteiger partial charge in [0.05, 0.1) is 11.9 Å². The molecule has 1 amide bonds. The lowest BCUT2D eigenvalue weighted by molar-refractivity contribution is -0.116. The van der Waals surface area contributed by atoms with E-state index in [0.717, 1.165) is 16.8 Å². The fourth-order valence-corrected chi connectivity index (χ4v) is 2.35. The van der Waals surface area contributed by atoms with Crippen LogP contribution in [-0.2, 0) is 11.2 Å². The molecule has 126 valence electrons. The van der Waals surface area contributed by atoms with Gasteiger partial charge < -0.3 is 5.32 Å². The zero-order chi connectivity index (χ0) is 17.5. The first-order valence-electron chi connectivity index (χ1n) is 8.01. The molecule has 1 heterocycles. The molecular formula is C20H18FN3O. The van der Waals surface area contributed by atoms with E-state index in [1.165, 1.54) is 18.2 Å². The van der Waals surface area contributed by atoms with Crippen molar-refractivity contribution in [2.45, 2.75) is 6.42 Å². The Kier molecular flexibility index (Phi) is 5.36. The minimum Gasteiger partial charge on any atom is -0.352 e. The van der Waals surface area contributed by atoms with Gasteiger partial charge in [-0.2, -0.15) is 5.10 Å². The molecule has 0 aliphatic carbocycles. The van der Waals surface area contributed by atoms with Crippen molar-refractivity contribution in [1.82, 2.24) is 15.1 Å². The molecule has 0 saturated carbocycles. The Bertz CT molecular complexity index is 854. The summed E-state index contributed by atoms with van der Waals surface area (Å²) in [5, 5.41) is 7.15. The topological polar surface area (TPSA) is 46.9 Å². The van der Waals surface area contributed by atoms with Crippen LogP contribution < -0.4 is 5.32 Å². The van der Waals surface area contributed by atoms with Crippen molar-refractivity contribution in [3.05, 3.63) is 90.0 Å². The van der Waals surface area contributed by atoms with E-state index in [-0.39, 0.29) is 11.7 Å². The summed E-state index contributed by atoms with van der Waals surface area (Å²) in [6.07, 6.45) is 7.55. The number of halogens is 1. The highest BCUT2D eigenvalue weighted by atomic mass is 19.1. The van der Waals surface area contributed by atoms with Crippen molar-refractivity contribution in [2.24, 2.45) is 0 Å². The summed E-state index contributed by atoms with van der Waals surface area (Å²) in [6.45, 7) is 0.521. The molecule has 3 aromatic rings. The summed E-state index contributed by atoms with van der Waals surface area (Å²) in [5.74, 6) is -0.475. The SMILES string of the molecule is O=C(/C=C/c1ccc(F)cc1)NCCc1cnn(-c2ccccc2)c1. The second-order valence-electron chi connectivity index (χ2n) is 5.55. The fourth-order valence-electron chi connectivity index (χ4n) is 2.35. The molecule has 0 bridgehead atoms. The largest absolute Gasteiger partial charge is 0.352 e. The van der Waals surface area contributed by atoms with E-state index < -0.39 is 0 Å². The highest BCUT2D eigenvalue weighted by Crippen LogP contribution is 2.08. The van der Waals surface area contributed by atoms with Crippen molar-refractivity contribution in [3.8, 4) is 5.69 Å². The normalized spacial score (nSPS) is 10.9. The molecule has 3 rings (SSSR count). The second kappa shape index (κ2) is 8.06. The van der Waals surface area contributed by atoms with Gasteiger partial charge in [0.25, 0.3) is 0 Å². The van der Waals surface area contributed by atoms with E-state index >= 15 is 0 Å². The molecule has 5 heteroatoms. The molecule has 0 atom stereocenters. The Morgan fingerprint density at radius 1 is 1.12 bits per heavy atom. The molecule has 1 N–H and O–H groups in total. The third-order valence-corrected chi connectivity index (χ3v) is 3.67. The van der Waals surface area contributed by atoms with E-state index in [2.05, 4.69) is 10.4 Å². The number of rotatable bonds is 6. The molecule has 0 aliphatic heterocycles. The van der Waals surface area contributed by atoms with Gasteiger partial charge in [-0.25, -0.2) is 9.07 Å². The number of benzene rings is 2. The van der Waals surface area contributed by atoms with E-state index in [4.69, 9.17) is 0 Å². The summed E-state index contributed by atoms with van der Waals surface area (Å²) in [5.41, 5.74) is 2.83. The molecule has 0 spiro atoms. The minimum absolute atomic E-state index is 0.181. The Morgan fingerprint density at radius 2 is 1.88 bits per heavy atom. The Labute approximate surface area is 145 Å². The van der Waals surface area contributed by atoms with Crippen molar-refractivity contribution >= 4 is 12.0 Å². The van der Waals surface area contributed by atoms with Crippen LogP contribution in [-0.4, -0.2) is 22.2 Å². The van der Waals surface area contributed by atoms with Crippen LogP contribution in [0.3, 0.4) is 0 Å². The Balaban J connectivity index is 1.47. The summed E-state index contributed by atoms with van der Waals surface area (Å²) in [7, 11) is 0. The molecule has 1 aromatic heterocycles. The summed E-state index contributed by atoms with van der Waals surface area (Å²) in [6, 6.07) is 15.8. The van der Waals surface area contributed by atoms with Crippen LogP contribution in [0.25, 0.3) is 11.8 Å². The highest BCUT2D eigenvalue weighted by Gasteiger charge is 2.01. The van der Waals surface area contributed by atoms with Crippen LogP contribution in [0.1, 0.15) is 11.1 Å². The van der Waals surface area contributed by atoms with E-state index in [1.807, 2.05) is 41.2 Å². The quantitative estimate of drug-likeness (QED) is 0.702. The van der Waals surface area contributed by atoms with Gasteiger partial charge in [-0.15, -0.1) is 0 Å². The number of nitrogens with zero attached hydrogens (tertiary/aromatic N) is 2. The lowest BCUT2D eigenvalue weighted by atomic mass is 10.2. The van der Waals surface area contributed by atoms with Gasteiger partial charge in [-0.1, -0.05) is 30.3 Å². The van der Waals surface area contributed by atoms with Gasteiger partial charge in [0.15, 0.2) is 0 Å². The monoisotopic (exact) mass is 335 g/mol. The highest BCUT2D eigenvalue weighted by molar-refractivity contribution is 5.91. The maximum absolute atomic E-state index is 12.8. The van der Waals surface area contributed by atoms with E-state index in [9.17, 15) is 9.18 Å². The number of nitrogens with one attached hydrogen (secondary N) is 1. The zero-order valence-electron chi connectivity index (χ0n) is 13.6. The first-order chi connectivity index (χ1) is 12.2. The molecule has 0 aliphatic rings. The number of aromatic nitrogens is 2. The third-order valence-electron chi connectivity index (χ3n) is 3.67. The van der Waals surface area contributed by atoms with Crippen LogP contribution in [0.4, 0.5) is 4.39 Å². The number of amides is 1. The van der Waals surface area contributed by atoms with Gasteiger partial charge in [-0.05, 0) is 47.9 Å². The van der Waals surface area contributed by atoms with Gasteiger partial charge in [0, 0.05) is 18.8 Å². The number of hydrogen-bond donors (Lipinski definition) is 1. The Morgan fingerprint density at radius 3 is 2.64 bits per heavy atom. The summed E-state index contributed by atoms with van der Waals surface area (Å²) in [4.78, 5) is 11.8. The van der Waals surface area contributed by atoms with Crippen LogP contribution >= 0.6 is 0 Å². The van der Waals surface area contributed by atoms with Crippen LogP contribution in [0.2, 0.25) is 0 Å². The maximum atomic E-state index is 12.8. The molecule has 0 radical (unpaired) electrons. The minimum atomic E-state index is -0.294. The number of carbonyl (C=O) groups is 1. The van der Waals surface area contributed by atoms with Crippen molar-refractivity contribution in [1.29, 1.82) is 0 Å². The predicted octanol–water partition coefficient (Wildman–Crippen LogP) is 3.38. The number of carbonyl (C=O) groups excluding carboxylic acids is 1. The zero-order valence-corrected chi connectivity index (χ0v) is 13.6. The molecule has 4 nitrogen and oxygen atoms in total. The van der Waals surface area contributed by atoms with Gasteiger partial charge in [0.2, 0.25) is 5.91 Å². The lowest BCUT2D eigenvalue weighted by Crippen LogP contribution is -2.23. The molecule has 2 aromatic carbocycles. The maximum Gasteiger partial charge on any atom is 0.244 e. The van der Waals surface area contributed by atoms with Gasteiger partial charge in [-0.3, -0.25) is 4.79 Å². The number of hydrogen-bond acceptors (Lipinski definition) is 2. The van der Waals surface area contributed by atoms with E-state index in [1.54, 1.807) is 24.4 Å². The van der Waals surface area contributed by atoms with Crippen LogP contribution in [0.15, 0.2) is 73.1 Å². The first-order valence-corrected chi connectivity index (χ1v) is 8.01. The smallest absolute Gasteiger partial charge is 0.244 e. The van der Waals surface area contributed by atoms with E-state index in [0.29, 0.717) is 13.0 Å². The summed E-state index contributed by atoms with van der Waals surface area (Å²) < 4.78 is 14.6. The molecule has 0 saturated heterocycles. The number of para-hydroxylation sites is 1. The van der Waals surface area contributed by atoms with Crippen molar-refractivity contribution in [2.75, 3.05) is 6.54 Å². The predicted molar refractivity (Wildman–Crippen MR) is 95.7 cm³/mol. The first kappa shape index (κ1) is 16.6. The third kappa shape index (κ3) is 4.88. The van der Waals surface area contributed by atoms with Crippen LogP contribution in [0, 0.1) is 5.82 Å². The average molecular weight is 335 g/mol. The molecular weight excluding hydrogens is 317 g/mol. The van der Waals surface area contributed by atoms with Crippen LogP contribution in [0.5, 0.6) is 0 Å². The van der Waals surface area contributed by atoms with Crippen molar-refractivity contribution in [3.63, 3.8) is 0 Å². The molecule has 0 fully saturated rings. The summed E-state index contributed by atoms with van der Waals surface area (Å²) >= 11 is 0. The fraction of sp³-hybridized carbons (Fsp3) is 0.100. The molecule has 0 unspecified atom stereocenters. The van der Waals surface area contributed by atoms with Gasteiger partial charge in [0.1, 0.15) is 5.82 Å². The Hall–Kier alpha value is -3.21. The molecule has 25 heavy (non-hydrogen) atoms. The van der Waals surface area contributed by atoms with Crippen molar-refractivity contribution < 1.29 is 9.18 Å². The standard InChI is InChI=1S/C20H18FN3O/c21-18-9-6-16(7-10-18)8-11-20(25)22-13-12-17-14-23-24(15-17)19-4-2-1-3-5-19/h1-11,14-15H,12-13H2,(H,22,25)/b11-8+.